The SMILES string of the molecule is COc1ccc(OC)c(C(O)Cn2ccccc2=O)c1. The average molecular weight is 275 g/mol. The Balaban J connectivity index is 2.31. The molecule has 0 fully saturated rings. The number of ether oxygens (including phenoxy) is 2. The van der Waals surface area contributed by atoms with Crippen molar-refractivity contribution in [3.8, 4) is 11.5 Å². The fraction of sp³-hybridized carbons (Fsp3) is 0.267. The van der Waals surface area contributed by atoms with E-state index in [4.69, 9.17) is 9.47 Å². The van der Waals surface area contributed by atoms with Gasteiger partial charge in [0, 0.05) is 17.8 Å². The van der Waals surface area contributed by atoms with Crippen LogP contribution < -0.4 is 15.0 Å². The molecule has 106 valence electrons. The van der Waals surface area contributed by atoms with E-state index in [2.05, 4.69) is 0 Å². The lowest BCUT2D eigenvalue weighted by Crippen LogP contribution is -2.21. The highest BCUT2D eigenvalue weighted by atomic mass is 16.5. The summed E-state index contributed by atoms with van der Waals surface area (Å²) in [5.74, 6) is 1.18. The number of aliphatic hydroxyl groups excluding tert-OH is 1. The monoisotopic (exact) mass is 275 g/mol. The van der Waals surface area contributed by atoms with Gasteiger partial charge in [-0.05, 0) is 24.3 Å². The standard InChI is InChI=1S/C15H17NO4/c1-19-11-6-7-14(20-2)12(9-11)13(17)10-16-8-4-3-5-15(16)18/h3-9,13,17H,10H2,1-2H3. The van der Waals surface area contributed by atoms with Crippen molar-refractivity contribution in [3.05, 3.63) is 58.5 Å². The number of hydrogen-bond acceptors (Lipinski definition) is 4. The fourth-order valence-corrected chi connectivity index (χ4v) is 2.00. The molecule has 1 atom stereocenters. The van der Waals surface area contributed by atoms with Gasteiger partial charge in [-0.25, -0.2) is 0 Å². The maximum Gasteiger partial charge on any atom is 0.250 e. The summed E-state index contributed by atoms with van der Waals surface area (Å²) < 4.78 is 11.8. The Labute approximate surface area is 117 Å². The van der Waals surface area contributed by atoms with Gasteiger partial charge in [0.15, 0.2) is 0 Å². The zero-order valence-electron chi connectivity index (χ0n) is 11.4. The van der Waals surface area contributed by atoms with E-state index in [1.807, 2.05) is 0 Å². The van der Waals surface area contributed by atoms with Gasteiger partial charge < -0.3 is 19.1 Å². The third kappa shape index (κ3) is 3.00. The second kappa shape index (κ2) is 6.25. The minimum atomic E-state index is -0.861. The zero-order valence-corrected chi connectivity index (χ0v) is 11.4. The highest BCUT2D eigenvalue weighted by Gasteiger charge is 2.15. The number of aliphatic hydroxyl groups is 1. The molecular weight excluding hydrogens is 258 g/mol. The molecule has 0 saturated carbocycles. The molecule has 0 aliphatic heterocycles. The van der Waals surface area contributed by atoms with Crippen molar-refractivity contribution in [2.24, 2.45) is 0 Å². The van der Waals surface area contributed by atoms with E-state index < -0.39 is 6.10 Å². The van der Waals surface area contributed by atoms with Gasteiger partial charge in [-0.2, -0.15) is 0 Å². The summed E-state index contributed by atoms with van der Waals surface area (Å²) in [6.07, 6.45) is 0.776. The topological polar surface area (TPSA) is 60.7 Å². The summed E-state index contributed by atoms with van der Waals surface area (Å²) in [5, 5.41) is 10.3. The number of aromatic nitrogens is 1. The number of rotatable bonds is 5. The van der Waals surface area contributed by atoms with E-state index in [9.17, 15) is 9.90 Å². The van der Waals surface area contributed by atoms with Crippen molar-refractivity contribution in [2.75, 3.05) is 14.2 Å². The van der Waals surface area contributed by atoms with Crippen LogP contribution in [0.5, 0.6) is 11.5 Å². The molecule has 0 amide bonds. The lowest BCUT2D eigenvalue weighted by molar-refractivity contribution is 0.151. The van der Waals surface area contributed by atoms with Crippen LogP contribution in [0.25, 0.3) is 0 Å². The molecule has 1 unspecified atom stereocenters. The summed E-state index contributed by atoms with van der Waals surface area (Å²) in [6, 6.07) is 10.1. The quantitative estimate of drug-likeness (QED) is 0.900. The van der Waals surface area contributed by atoms with Gasteiger partial charge in [-0.15, -0.1) is 0 Å². The molecule has 0 spiro atoms. The molecule has 0 aliphatic carbocycles. The molecule has 1 N–H and O–H groups in total. The molecule has 5 heteroatoms. The van der Waals surface area contributed by atoms with Crippen LogP contribution in [-0.2, 0) is 6.54 Å². The third-order valence-electron chi connectivity index (χ3n) is 3.06. The van der Waals surface area contributed by atoms with Crippen LogP contribution in [0.15, 0.2) is 47.4 Å². The van der Waals surface area contributed by atoms with Crippen molar-refractivity contribution in [2.45, 2.75) is 12.6 Å². The maximum absolute atomic E-state index is 11.7. The minimum absolute atomic E-state index is 0.156. The van der Waals surface area contributed by atoms with E-state index in [-0.39, 0.29) is 12.1 Å². The zero-order chi connectivity index (χ0) is 14.5. The van der Waals surface area contributed by atoms with Gasteiger partial charge in [0.2, 0.25) is 0 Å². The minimum Gasteiger partial charge on any atom is -0.497 e. The number of hydrogen-bond donors (Lipinski definition) is 1. The van der Waals surface area contributed by atoms with E-state index in [0.29, 0.717) is 17.1 Å². The van der Waals surface area contributed by atoms with Crippen molar-refractivity contribution in [3.63, 3.8) is 0 Å². The van der Waals surface area contributed by atoms with Crippen molar-refractivity contribution >= 4 is 0 Å². The second-order valence-corrected chi connectivity index (χ2v) is 4.31. The Morgan fingerprint density at radius 3 is 2.65 bits per heavy atom. The second-order valence-electron chi connectivity index (χ2n) is 4.31. The molecule has 2 aromatic rings. The molecule has 1 aromatic carbocycles. The normalized spacial score (nSPS) is 11.9. The predicted octanol–water partition coefficient (Wildman–Crippen LogP) is 1.60. The van der Waals surface area contributed by atoms with Crippen LogP contribution in [0.4, 0.5) is 0 Å². The van der Waals surface area contributed by atoms with E-state index in [1.54, 1.807) is 43.6 Å². The number of pyridine rings is 1. The molecule has 0 saturated heterocycles. The Hall–Kier alpha value is -2.27. The summed E-state index contributed by atoms with van der Waals surface area (Å²) >= 11 is 0. The first kappa shape index (κ1) is 14.1. The first-order valence-electron chi connectivity index (χ1n) is 6.21. The first-order valence-corrected chi connectivity index (χ1v) is 6.21. The largest absolute Gasteiger partial charge is 0.497 e. The molecule has 0 radical (unpaired) electrons. The lowest BCUT2D eigenvalue weighted by atomic mass is 10.1. The van der Waals surface area contributed by atoms with Gasteiger partial charge >= 0.3 is 0 Å². The molecular formula is C15H17NO4. The molecule has 1 heterocycles. The molecule has 2 rings (SSSR count). The third-order valence-corrected chi connectivity index (χ3v) is 3.06. The molecule has 20 heavy (non-hydrogen) atoms. The van der Waals surface area contributed by atoms with Gasteiger partial charge in [0.05, 0.1) is 20.8 Å². The van der Waals surface area contributed by atoms with Gasteiger partial charge in [0.25, 0.3) is 5.56 Å². The van der Waals surface area contributed by atoms with Crippen LogP contribution in [0.3, 0.4) is 0 Å². The molecule has 0 bridgehead atoms. The van der Waals surface area contributed by atoms with Crippen molar-refractivity contribution in [1.82, 2.24) is 4.57 Å². The lowest BCUT2D eigenvalue weighted by Gasteiger charge is -2.17. The van der Waals surface area contributed by atoms with Crippen molar-refractivity contribution < 1.29 is 14.6 Å². The summed E-state index contributed by atoms with van der Waals surface area (Å²) in [7, 11) is 3.09. The Kier molecular flexibility index (Phi) is 4.42. The Bertz CT molecular complexity index is 636. The van der Waals surface area contributed by atoms with Gasteiger partial charge in [0.1, 0.15) is 17.6 Å². The van der Waals surface area contributed by atoms with Gasteiger partial charge in [-0.3, -0.25) is 4.79 Å². The van der Waals surface area contributed by atoms with Crippen molar-refractivity contribution in [1.29, 1.82) is 0 Å². The Morgan fingerprint density at radius 2 is 2.00 bits per heavy atom. The predicted molar refractivity (Wildman–Crippen MR) is 75.2 cm³/mol. The summed E-state index contributed by atoms with van der Waals surface area (Å²) in [4.78, 5) is 11.7. The fourth-order valence-electron chi connectivity index (χ4n) is 2.00. The molecule has 1 aromatic heterocycles. The smallest absolute Gasteiger partial charge is 0.250 e. The first-order chi connectivity index (χ1) is 9.65. The number of benzene rings is 1. The van der Waals surface area contributed by atoms with E-state index in [1.165, 1.54) is 17.7 Å². The number of nitrogens with zero attached hydrogens (tertiary/aromatic N) is 1. The summed E-state index contributed by atoms with van der Waals surface area (Å²) in [5.41, 5.74) is 0.427. The summed E-state index contributed by atoms with van der Waals surface area (Å²) in [6.45, 7) is 0.156. The van der Waals surface area contributed by atoms with Crippen LogP contribution in [0.2, 0.25) is 0 Å². The van der Waals surface area contributed by atoms with Crippen LogP contribution in [0.1, 0.15) is 11.7 Å². The van der Waals surface area contributed by atoms with E-state index >= 15 is 0 Å². The van der Waals surface area contributed by atoms with Gasteiger partial charge in [-0.1, -0.05) is 6.07 Å². The molecule has 0 aliphatic rings. The number of methoxy groups -OCH3 is 2. The highest BCUT2D eigenvalue weighted by Crippen LogP contribution is 2.29. The highest BCUT2D eigenvalue weighted by molar-refractivity contribution is 5.41. The maximum atomic E-state index is 11.7. The van der Waals surface area contributed by atoms with E-state index in [0.717, 1.165) is 0 Å². The van der Waals surface area contributed by atoms with Crippen LogP contribution >= 0.6 is 0 Å². The molecule has 5 nitrogen and oxygen atoms in total. The average Bonchev–Trinajstić information content (AvgIpc) is 2.48. The van der Waals surface area contributed by atoms with Crippen LogP contribution in [-0.4, -0.2) is 23.9 Å². The Morgan fingerprint density at radius 1 is 1.20 bits per heavy atom. The van der Waals surface area contributed by atoms with Crippen LogP contribution in [0, 0.1) is 0 Å².